The molecule has 2 rings (SSSR count). The number of hydrogen-bond acceptors (Lipinski definition) is 4. The molecule has 1 heterocycles. The summed E-state index contributed by atoms with van der Waals surface area (Å²) in [5.74, 6) is 2.38. The maximum absolute atomic E-state index is 5.66. The minimum absolute atomic E-state index is 0.619. The van der Waals surface area contributed by atoms with Crippen LogP contribution in [0.3, 0.4) is 0 Å². The number of piperazine rings is 1. The van der Waals surface area contributed by atoms with E-state index in [4.69, 9.17) is 4.74 Å². The molecular weight excluding hydrogens is 314 g/mol. The number of rotatable bonds is 11. The smallest absolute Gasteiger partial charge is 0.190 e. The Morgan fingerprint density at radius 3 is 2.52 bits per heavy atom. The standard InChI is InChI=1S/C19H39N5O/c1-4-23-9-11-24(12-10-23)15-17(2)14-22-19(20-3)21-8-5-13-25-16-18-6-7-18/h17-18H,4-16H2,1-3H3,(H2,20,21,22). The Bertz CT molecular complexity index is 378. The molecule has 1 saturated heterocycles. The molecule has 0 aromatic heterocycles. The van der Waals surface area contributed by atoms with E-state index in [0.717, 1.165) is 51.1 Å². The SMILES string of the molecule is CCN1CCN(CC(C)CNC(=NC)NCCCOCC2CC2)CC1. The number of likely N-dealkylation sites (N-methyl/N-ethyl adjacent to an activating group) is 1. The quantitative estimate of drug-likeness (QED) is 0.333. The summed E-state index contributed by atoms with van der Waals surface area (Å²) in [5, 5.41) is 6.84. The van der Waals surface area contributed by atoms with Crippen LogP contribution in [0.1, 0.15) is 33.1 Å². The summed E-state index contributed by atoms with van der Waals surface area (Å²) in [6.07, 6.45) is 3.76. The molecule has 6 nitrogen and oxygen atoms in total. The van der Waals surface area contributed by atoms with Gasteiger partial charge in [0.2, 0.25) is 0 Å². The van der Waals surface area contributed by atoms with Crippen molar-refractivity contribution in [3.63, 3.8) is 0 Å². The largest absolute Gasteiger partial charge is 0.381 e. The molecule has 0 aromatic rings. The van der Waals surface area contributed by atoms with Crippen LogP contribution in [0.25, 0.3) is 0 Å². The fraction of sp³-hybridized carbons (Fsp3) is 0.947. The zero-order valence-corrected chi connectivity index (χ0v) is 16.6. The second-order valence-electron chi connectivity index (χ2n) is 7.59. The Labute approximate surface area is 154 Å². The summed E-state index contributed by atoms with van der Waals surface area (Å²) >= 11 is 0. The van der Waals surface area contributed by atoms with Gasteiger partial charge in [-0.05, 0) is 37.6 Å². The molecule has 0 bridgehead atoms. The molecule has 1 unspecified atom stereocenters. The maximum atomic E-state index is 5.66. The fourth-order valence-corrected chi connectivity index (χ4v) is 3.20. The van der Waals surface area contributed by atoms with E-state index in [0.29, 0.717) is 5.92 Å². The van der Waals surface area contributed by atoms with Crippen molar-refractivity contribution in [3.05, 3.63) is 0 Å². The van der Waals surface area contributed by atoms with Crippen molar-refractivity contribution in [3.8, 4) is 0 Å². The average molecular weight is 354 g/mol. The van der Waals surface area contributed by atoms with Crippen molar-refractivity contribution >= 4 is 5.96 Å². The van der Waals surface area contributed by atoms with Gasteiger partial charge in [0, 0.05) is 66.1 Å². The van der Waals surface area contributed by atoms with Crippen LogP contribution in [0.15, 0.2) is 4.99 Å². The highest BCUT2D eigenvalue weighted by Gasteiger charge is 2.20. The number of nitrogens with one attached hydrogen (secondary N) is 2. The van der Waals surface area contributed by atoms with Gasteiger partial charge in [-0.3, -0.25) is 4.99 Å². The normalized spacial score (nSPS) is 21.3. The van der Waals surface area contributed by atoms with Gasteiger partial charge in [0.25, 0.3) is 0 Å². The Kier molecular flexibility index (Phi) is 9.58. The number of aliphatic imine (C=N–C) groups is 1. The van der Waals surface area contributed by atoms with E-state index in [1.165, 1.54) is 45.6 Å². The van der Waals surface area contributed by atoms with E-state index in [9.17, 15) is 0 Å². The maximum Gasteiger partial charge on any atom is 0.190 e. The Balaban J connectivity index is 1.49. The minimum atomic E-state index is 0.619. The van der Waals surface area contributed by atoms with Gasteiger partial charge >= 0.3 is 0 Å². The summed E-state index contributed by atoms with van der Waals surface area (Å²) in [7, 11) is 1.84. The summed E-state index contributed by atoms with van der Waals surface area (Å²) in [6, 6.07) is 0. The lowest BCUT2D eigenvalue weighted by Crippen LogP contribution is -2.48. The highest BCUT2D eigenvalue weighted by atomic mass is 16.5. The molecule has 25 heavy (non-hydrogen) atoms. The molecule has 2 aliphatic rings. The monoisotopic (exact) mass is 353 g/mol. The van der Waals surface area contributed by atoms with E-state index >= 15 is 0 Å². The van der Waals surface area contributed by atoms with Gasteiger partial charge in [-0.15, -0.1) is 0 Å². The minimum Gasteiger partial charge on any atom is -0.381 e. The third-order valence-corrected chi connectivity index (χ3v) is 5.13. The van der Waals surface area contributed by atoms with Gasteiger partial charge in [-0.2, -0.15) is 0 Å². The Hall–Kier alpha value is -0.850. The molecule has 0 spiro atoms. The lowest BCUT2D eigenvalue weighted by atomic mass is 10.1. The van der Waals surface area contributed by atoms with Gasteiger partial charge < -0.3 is 25.2 Å². The second-order valence-corrected chi connectivity index (χ2v) is 7.59. The van der Waals surface area contributed by atoms with Crippen LogP contribution < -0.4 is 10.6 Å². The zero-order chi connectivity index (χ0) is 17.9. The molecular formula is C19H39N5O. The van der Waals surface area contributed by atoms with Gasteiger partial charge in [-0.25, -0.2) is 0 Å². The molecule has 0 aromatic carbocycles. The van der Waals surface area contributed by atoms with Crippen LogP contribution in [-0.2, 0) is 4.74 Å². The average Bonchev–Trinajstić information content (AvgIpc) is 3.45. The van der Waals surface area contributed by atoms with Gasteiger partial charge in [-0.1, -0.05) is 13.8 Å². The molecule has 2 N–H and O–H groups in total. The lowest BCUT2D eigenvalue weighted by Gasteiger charge is -2.35. The summed E-state index contributed by atoms with van der Waals surface area (Å²) in [6.45, 7) is 15.4. The predicted molar refractivity (Wildman–Crippen MR) is 105 cm³/mol. The second kappa shape index (κ2) is 11.7. The van der Waals surface area contributed by atoms with Gasteiger partial charge in [0.05, 0.1) is 0 Å². The van der Waals surface area contributed by atoms with Crippen molar-refractivity contribution in [2.75, 3.05) is 72.6 Å². The van der Waals surface area contributed by atoms with Crippen molar-refractivity contribution in [1.29, 1.82) is 0 Å². The van der Waals surface area contributed by atoms with Crippen LogP contribution >= 0.6 is 0 Å². The summed E-state index contributed by atoms with van der Waals surface area (Å²) in [4.78, 5) is 9.43. The molecule has 1 aliphatic heterocycles. The van der Waals surface area contributed by atoms with E-state index < -0.39 is 0 Å². The molecule has 1 aliphatic carbocycles. The van der Waals surface area contributed by atoms with E-state index in [-0.39, 0.29) is 0 Å². The topological polar surface area (TPSA) is 52.1 Å². The van der Waals surface area contributed by atoms with Crippen molar-refractivity contribution in [2.24, 2.45) is 16.8 Å². The lowest BCUT2D eigenvalue weighted by molar-refractivity contribution is 0.122. The predicted octanol–water partition coefficient (Wildman–Crippen LogP) is 1.24. The van der Waals surface area contributed by atoms with Crippen LogP contribution in [0.5, 0.6) is 0 Å². The molecule has 2 fully saturated rings. The first-order chi connectivity index (χ1) is 12.2. The fourth-order valence-electron chi connectivity index (χ4n) is 3.20. The zero-order valence-electron chi connectivity index (χ0n) is 16.6. The first-order valence-electron chi connectivity index (χ1n) is 10.2. The van der Waals surface area contributed by atoms with Gasteiger partial charge in [0.1, 0.15) is 0 Å². The van der Waals surface area contributed by atoms with Crippen LogP contribution in [-0.4, -0.2) is 88.4 Å². The molecule has 146 valence electrons. The van der Waals surface area contributed by atoms with Crippen LogP contribution in [0.4, 0.5) is 0 Å². The summed E-state index contributed by atoms with van der Waals surface area (Å²) in [5.41, 5.74) is 0. The van der Waals surface area contributed by atoms with E-state index in [1.807, 2.05) is 7.05 Å². The van der Waals surface area contributed by atoms with Gasteiger partial charge in [0.15, 0.2) is 5.96 Å². The van der Waals surface area contributed by atoms with E-state index in [2.05, 4.69) is 39.3 Å². The van der Waals surface area contributed by atoms with Crippen molar-refractivity contribution in [2.45, 2.75) is 33.1 Å². The summed E-state index contributed by atoms with van der Waals surface area (Å²) < 4.78 is 5.66. The van der Waals surface area contributed by atoms with Crippen molar-refractivity contribution in [1.82, 2.24) is 20.4 Å². The first-order valence-corrected chi connectivity index (χ1v) is 10.2. The molecule has 0 amide bonds. The highest BCUT2D eigenvalue weighted by Crippen LogP contribution is 2.28. The number of ether oxygens (including phenoxy) is 1. The number of nitrogens with zero attached hydrogens (tertiary/aromatic N) is 3. The van der Waals surface area contributed by atoms with Crippen LogP contribution in [0, 0.1) is 11.8 Å². The first kappa shape index (κ1) is 20.5. The molecule has 6 heteroatoms. The molecule has 0 radical (unpaired) electrons. The molecule has 1 atom stereocenters. The Morgan fingerprint density at radius 2 is 1.88 bits per heavy atom. The Morgan fingerprint density at radius 1 is 1.16 bits per heavy atom. The van der Waals surface area contributed by atoms with E-state index in [1.54, 1.807) is 0 Å². The number of hydrogen-bond donors (Lipinski definition) is 2. The highest BCUT2D eigenvalue weighted by molar-refractivity contribution is 5.79. The van der Waals surface area contributed by atoms with Crippen molar-refractivity contribution < 1.29 is 4.74 Å². The third kappa shape index (κ3) is 8.88. The van der Waals surface area contributed by atoms with Crippen LogP contribution in [0.2, 0.25) is 0 Å². The number of guanidine groups is 1. The molecule has 1 saturated carbocycles. The third-order valence-electron chi connectivity index (χ3n) is 5.13.